The Balaban J connectivity index is 0.00000289. The molecule has 0 aliphatic carbocycles. The second-order valence-corrected chi connectivity index (χ2v) is 7.88. The second-order valence-electron chi connectivity index (χ2n) is 7.88. The van der Waals surface area contributed by atoms with Gasteiger partial charge in [0.05, 0.1) is 19.8 Å². The summed E-state index contributed by atoms with van der Waals surface area (Å²) in [5.74, 6) is 0.956. The van der Waals surface area contributed by atoms with E-state index >= 15 is 0 Å². The summed E-state index contributed by atoms with van der Waals surface area (Å²) in [6.45, 7) is 7.55. The number of guanidine groups is 1. The number of anilines is 2. The number of nitrogens with zero attached hydrogens (tertiary/aromatic N) is 2. The Kier molecular flexibility index (Phi) is 9.16. The molecular formula is C24H32IN5O2. The Morgan fingerprint density at radius 2 is 1.88 bits per heavy atom. The first kappa shape index (κ1) is 24.3. The molecule has 2 aromatic carbocycles. The lowest BCUT2D eigenvalue weighted by Gasteiger charge is -2.28. The average Bonchev–Trinajstić information content (AvgIpc) is 2.81. The van der Waals surface area contributed by atoms with Crippen molar-refractivity contribution in [2.24, 2.45) is 4.99 Å². The van der Waals surface area contributed by atoms with Crippen molar-refractivity contribution < 1.29 is 9.53 Å². The molecule has 1 fully saturated rings. The standard InChI is InChI=1S/C24H31N5O2.HI/c1-2-25-24(27-17-19-15-23(30)28-22-6-4-3-5-21(19)22)26-16-18-7-9-20(10-8-18)29-11-13-31-14-12-29;/h3-10,19H,2,11-17H2,1H3,(H,28,30)(H2,25,26,27);1H. The SMILES string of the molecule is CCNC(=NCc1ccc(N2CCOCC2)cc1)NCC1CC(=O)Nc2ccccc21.I. The molecule has 2 aliphatic heterocycles. The van der Waals surface area contributed by atoms with Crippen LogP contribution < -0.4 is 20.9 Å². The molecule has 2 aliphatic rings. The molecule has 1 amide bonds. The highest BCUT2D eigenvalue weighted by Gasteiger charge is 2.24. The van der Waals surface area contributed by atoms with Crippen LogP contribution in [-0.4, -0.2) is 51.3 Å². The van der Waals surface area contributed by atoms with Gasteiger partial charge in [-0.05, 0) is 36.2 Å². The van der Waals surface area contributed by atoms with Crippen molar-refractivity contribution in [1.82, 2.24) is 10.6 Å². The number of aliphatic imine (C=N–C) groups is 1. The predicted octanol–water partition coefficient (Wildman–Crippen LogP) is 3.32. The molecule has 3 N–H and O–H groups in total. The molecule has 8 heteroatoms. The largest absolute Gasteiger partial charge is 0.378 e. The third-order valence-corrected chi connectivity index (χ3v) is 5.70. The first-order valence-electron chi connectivity index (χ1n) is 11.1. The molecule has 2 aromatic rings. The van der Waals surface area contributed by atoms with Crippen molar-refractivity contribution >= 4 is 47.2 Å². The molecule has 7 nitrogen and oxygen atoms in total. The summed E-state index contributed by atoms with van der Waals surface area (Å²) in [6.07, 6.45) is 0.479. The minimum atomic E-state index is 0. The number of benzene rings is 2. The maximum Gasteiger partial charge on any atom is 0.225 e. The van der Waals surface area contributed by atoms with Crippen molar-refractivity contribution in [1.29, 1.82) is 0 Å². The van der Waals surface area contributed by atoms with Gasteiger partial charge in [-0.25, -0.2) is 4.99 Å². The van der Waals surface area contributed by atoms with Gasteiger partial charge in [0, 0.05) is 49.9 Å². The van der Waals surface area contributed by atoms with Gasteiger partial charge in [0.25, 0.3) is 0 Å². The van der Waals surface area contributed by atoms with E-state index in [-0.39, 0.29) is 35.8 Å². The maximum absolute atomic E-state index is 12.1. The van der Waals surface area contributed by atoms with Crippen molar-refractivity contribution in [2.45, 2.75) is 25.8 Å². The third-order valence-electron chi connectivity index (χ3n) is 5.70. The predicted molar refractivity (Wildman–Crippen MR) is 140 cm³/mol. The van der Waals surface area contributed by atoms with Gasteiger partial charge in [0.15, 0.2) is 5.96 Å². The Labute approximate surface area is 207 Å². The van der Waals surface area contributed by atoms with Crippen LogP contribution in [0, 0.1) is 0 Å². The van der Waals surface area contributed by atoms with Crippen LogP contribution in [0.4, 0.5) is 11.4 Å². The fourth-order valence-electron chi connectivity index (χ4n) is 4.05. The lowest BCUT2D eigenvalue weighted by atomic mass is 9.90. The van der Waals surface area contributed by atoms with Gasteiger partial charge in [-0.3, -0.25) is 4.79 Å². The molecular weight excluding hydrogens is 517 g/mol. The van der Waals surface area contributed by atoms with Gasteiger partial charge in [-0.2, -0.15) is 0 Å². The minimum Gasteiger partial charge on any atom is -0.378 e. The number of rotatable bonds is 6. The number of fused-ring (bicyclic) bond motifs is 1. The first-order valence-corrected chi connectivity index (χ1v) is 11.1. The zero-order valence-corrected chi connectivity index (χ0v) is 20.8. The Morgan fingerprint density at radius 3 is 2.62 bits per heavy atom. The summed E-state index contributed by atoms with van der Waals surface area (Å²) in [6, 6.07) is 16.6. The highest BCUT2D eigenvalue weighted by Crippen LogP contribution is 2.31. The number of carbonyl (C=O) groups excluding carboxylic acids is 1. The Morgan fingerprint density at radius 1 is 1.12 bits per heavy atom. The molecule has 0 spiro atoms. The second kappa shape index (κ2) is 12.1. The molecule has 1 atom stereocenters. The van der Waals surface area contributed by atoms with Crippen molar-refractivity contribution in [3.63, 3.8) is 0 Å². The van der Waals surface area contributed by atoms with Crippen molar-refractivity contribution in [2.75, 3.05) is 49.6 Å². The van der Waals surface area contributed by atoms with E-state index in [0.717, 1.165) is 50.1 Å². The van der Waals surface area contributed by atoms with Crippen LogP contribution in [0.3, 0.4) is 0 Å². The van der Waals surface area contributed by atoms with E-state index < -0.39 is 0 Å². The number of hydrogen-bond acceptors (Lipinski definition) is 4. The third kappa shape index (κ3) is 6.35. The molecule has 1 saturated heterocycles. The van der Waals surface area contributed by atoms with Crippen LogP contribution in [0.2, 0.25) is 0 Å². The fourth-order valence-corrected chi connectivity index (χ4v) is 4.05. The molecule has 0 saturated carbocycles. The molecule has 4 rings (SSSR count). The zero-order chi connectivity index (χ0) is 21.5. The van der Waals surface area contributed by atoms with Crippen molar-refractivity contribution in [3.8, 4) is 0 Å². The van der Waals surface area contributed by atoms with E-state index in [4.69, 9.17) is 9.73 Å². The van der Waals surface area contributed by atoms with Crippen LogP contribution in [0.1, 0.15) is 30.4 Å². The van der Waals surface area contributed by atoms with E-state index in [1.54, 1.807) is 0 Å². The van der Waals surface area contributed by atoms with Crippen LogP contribution in [0.25, 0.3) is 0 Å². The number of morpholine rings is 1. The van der Waals surface area contributed by atoms with E-state index in [2.05, 4.69) is 58.1 Å². The van der Waals surface area contributed by atoms with Gasteiger partial charge >= 0.3 is 0 Å². The highest BCUT2D eigenvalue weighted by atomic mass is 127. The number of carbonyl (C=O) groups is 1. The van der Waals surface area contributed by atoms with Crippen LogP contribution in [0.15, 0.2) is 53.5 Å². The lowest BCUT2D eigenvalue weighted by Crippen LogP contribution is -2.40. The van der Waals surface area contributed by atoms with Gasteiger partial charge in [-0.1, -0.05) is 30.3 Å². The maximum atomic E-state index is 12.1. The van der Waals surface area contributed by atoms with E-state index in [1.165, 1.54) is 11.3 Å². The molecule has 0 aromatic heterocycles. The van der Waals surface area contributed by atoms with E-state index in [1.807, 2.05) is 18.2 Å². The normalized spacial score (nSPS) is 18.3. The number of halogens is 1. The smallest absolute Gasteiger partial charge is 0.225 e. The Bertz CT molecular complexity index is 913. The van der Waals surface area contributed by atoms with Gasteiger partial charge in [0.1, 0.15) is 0 Å². The topological polar surface area (TPSA) is 78.0 Å². The summed E-state index contributed by atoms with van der Waals surface area (Å²) in [4.78, 5) is 19.2. The number of nitrogens with one attached hydrogen (secondary N) is 3. The highest BCUT2D eigenvalue weighted by molar-refractivity contribution is 14.0. The molecule has 2 heterocycles. The molecule has 172 valence electrons. The summed E-state index contributed by atoms with van der Waals surface area (Å²) >= 11 is 0. The van der Waals surface area contributed by atoms with Crippen molar-refractivity contribution in [3.05, 3.63) is 59.7 Å². The zero-order valence-electron chi connectivity index (χ0n) is 18.5. The van der Waals surface area contributed by atoms with E-state index in [9.17, 15) is 4.79 Å². The number of hydrogen-bond donors (Lipinski definition) is 3. The van der Waals surface area contributed by atoms with E-state index in [0.29, 0.717) is 19.5 Å². The number of para-hydroxylation sites is 1. The van der Waals surface area contributed by atoms with Crippen LogP contribution in [0.5, 0.6) is 0 Å². The molecule has 0 radical (unpaired) electrons. The first-order chi connectivity index (χ1) is 15.2. The summed E-state index contributed by atoms with van der Waals surface area (Å²) in [7, 11) is 0. The monoisotopic (exact) mass is 549 g/mol. The van der Waals surface area contributed by atoms with Gasteiger partial charge < -0.3 is 25.6 Å². The molecule has 0 bridgehead atoms. The molecule has 32 heavy (non-hydrogen) atoms. The lowest BCUT2D eigenvalue weighted by molar-refractivity contribution is -0.116. The van der Waals surface area contributed by atoms with Crippen LogP contribution >= 0.6 is 24.0 Å². The summed E-state index contributed by atoms with van der Waals surface area (Å²) < 4.78 is 5.43. The number of ether oxygens (including phenoxy) is 1. The average molecular weight is 549 g/mol. The summed E-state index contributed by atoms with van der Waals surface area (Å²) in [5, 5.41) is 9.68. The van der Waals surface area contributed by atoms with Gasteiger partial charge in [-0.15, -0.1) is 24.0 Å². The molecule has 1 unspecified atom stereocenters. The number of amides is 1. The fraction of sp³-hybridized carbons (Fsp3) is 0.417. The van der Waals surface area contributed by atoms with Gasteiger partial charge in [0.2, 0.25) is 5.91 Å². The van der Waals surface area contributed by atoms with Crippen LogP contribution in [-0.2, 0) is 16.1 Å². The minimum absolute atomic E-state index is 0. The Hall–Kier alpha value is -2.33. The summed E-state index contributed by atoms with van der Waals surface area (Å²) in [5.41, 5.74) is 4.48. The quantitative estimate of drug-likeness (QED) is 0.293.